The molecule has 2 N–H and O–H groups in total. The van der Waals surface area contributed by atoms with Crippen LogP contribution in [0.2, 0.25) is 5.02 Å². The number of alkyl halides is 3. The van der Waals surface area contributed by atoms with Crippen LogP contribution in [0.25, 0.3) is 0 Å². The van der Waals surface area contributed by atoms with Gasteiger partial charge in [0.15, 0.2) is 0 Å². The Labute approximate surface area is 187 Å². The number of hydrogen-bond donors (Lipinski definition) is 2. The van der Waals surface area contributed by atoms with Gasteiger partial charge in [0.25, 0.3) is 0 Å². The average Bonchev–Trinajstić information content (AvgIpc) is 3.05. The molecule has 0 spiro atoms. The van der Waals surface area contributed by atoms with E-state index in [4.69, 9.17) is 26.2 Å². The van der Waals surface area contributed by atoms with Crippen molar-refractivity contribution in [1.29, 1.82) is 0 Å². The van der Waals surface area contributed by atoms with Crippen LogP contribution in [0, 0.1) is 5.92 Å². The maximum Gasteiger partial charge on any atom is 0.490 e. The van der Waals surface area contributed by atoms with Crippen molar-refractivity contribution in [3.05, 3.63) is 52.8 Å². The van der Waals surface area contributed by atoms with E-state index in [2.05, 4.69) is 27.4 Å². The molecule has 8 nitrogen and oxygen atoms in total. The highest BCUT2D eigenvalue weighted by Gasteiger charge is 2.38. The van der Waals surface area contributed by atoms with Crippen LogP contribution in [0.3, 0.4) is 0 Å². The van der Waals surface area contributed by atoms with Crippen LogP contribution >= 0.6 is 11.6 Å². The molecular formula is C20H24ClF3N4O4. The van der Waals surface area contributed by atoms with Gasteiger partial charge in [-0.1, -0.05) is 23.7 Å². The number of methoxy groups -OCH3 is 1. The number of carboxylic acids is 1. The highest BCUT2D eigenvalue weighted by molar-refractivity contribution is 6.30. The lowest BCUT2D eigenvalue weighted by Gasteiger charge is -2.24. The van der Waals surface area contributed by atoms with E-state index in [9.17, 15) is 18.0 Å². The molecule has 1 aliphatic heterocycles. The molecule has 0 fully saturated rings. The molecule has 0 aliphatic carbocycles. The summed E-state index contributed by atoms with van der Waals surface area (Å²) in [7, 11) is 1.52. The molecule has 0 saturated heterocycles. The quantitative estimate of drug-likeness (QED) is 0.665. The van der Waals surface area contributed by atoms with Crippen LogP contribution in [0.1, 0.15) is 11.3 Å². The molecule has 0 saturated carbocycles. The summed E-state index contributed by atoms with van der Waals surface area (Å²) in [4.78, 5) is 23.0. The van der Waals surface area contributed by atoms with Crippen molar-refractivity contribution in [3.8, 4) is 0 Å². The number of aliphatic carboxylic acids is 1. The number of ether oxygens (including phenoxy) is 1. The maximum atomic E-state index is 11.7. The molecule has 12 heteroatoms. The SMILES string of the molecule is COCC(=O)NCC1CN(Cc2cccc(Cl)c2)Cc2ccnn2C1.O=C(O)C(F)(F)F. The van der Waals surface area contributed by atoms with Gasteiger partial charge >= 0.3 is 12.1 Å². The Kier molecular flexibility index (Phi) is 9.48. The van der Waals surface area contributed by atoms with E-state index >= 15 is 0 Å². The molecule has 0 radical (unpaired) electrons. The molecule has 32 heavy (non-hydrogen) atoms. The molecular weight excluding hydrogens is 453 g/mol. The van der Waals surface area contributed by atoms with Crippen molar-refractivity contribution >= 4 is 23.5 Å². The Morgan fingerprint density at radius 2 is 2.03 bits per heavy atom. The van der Waals surface area contributed by atoms with Crippen LogP contribution in [0.15, 0.2) is 36.5 Å². The maximum absolute atomic E-state index is 11.7. The summed E-state index contributed by atoms with van der Waals surface area (Å²) in [5.74, 6) is -2.57. The van der Waals surface area contributed by atoms with Crippen molar-refractivity contribution in [2.75, 3.05) is 26.8 Å². The Hall–Kier alpha value is -2.63. The summed E-state index contributed by atoms with van der Waals surface area (Å²) in [6.45, 7) is 4.01. The number of fused-ring (bicyclic) bond motifs is 1. The standard InChI is InChI=1S/C18H23ClN4O2.C2HF3O2/c1-25-13-18(24)20-8-15-10-22(9-14-3-2-4-16(19)7-14)12-17-5-6-21-23(17)11-15;3-2(4,5)1(6)7/h2-7,15H,8-13H2,1H3,(H,20,24);(H,6,7). The number of rotatable bonds is 6. The Morgan fingerprint density at radius 3 is 2.66 bits per heavy atom. The third-order valence-electron chi connectivity index (χ3n) is 4.54. The Morgan fingerprint density at radius 1 is 1.31 bits per heavy atom. The van der Waals surface area contributed by atoms with E-state index in [0.717, 1.165) is 31.2 Å². The third-order valence-corrected chi connectivity index (χ3v) is 4.77. The van der Waals surface area contributed by atoms with Gasteiger partial charge in [-0.05, 0) is 23.8 Å². The van der Waals surface area contributed by atoms with Gasteiger partial charge in [-0.3, -0.25) is 14.4 Å². The van der Waals surface area contributed by atoms with Gasteiger partial charge < -0.3 is 15.2 Å². The summed E-state index contributed by atoms with van der Waals surface area (Å²) < 4.78 is 38.6. The minimum Gasteiger partial charge on any atom is -0.475 e. The minimum atomic E-state index is -5.08. The summed E-state index contributed by atoms with van der Waals surface area (Å²) in [5.41, 5.74) is 2.37. The van der Waals surface area contributed by atoms with Gasteiger partial charge in [0.05, 0.1) is 5.69 Å². The van der Waals surface area contributed by atoms with E-state index < -0.39 is 12.1 Å². The van der Waals surface area contributed by atoms with Gasteiger partial charge in [0, 0.05) is 57.0 Å². The Balaban J connectivity index is 0.000000451. The number of benzene rings is 1. The zero-order chi connectivity index (χ0) is 23.7. The predicted octanol–water partition coefficient (Wildman–Crippen LogP) is 2.56. The normalized spacial score (nSPS) is 16.3. The second kappa shape index (κ2) is 11.8. The van der Waals surface area contributed by atoms with Gasteiger partial charge in [-0.25, -0.2) is 4.79 Å². The molecule has 1 unspecified atom stereocenters. The van der Waals surface area contributed by atoms with Crippen LogP contribution in [-0.2, 0) is 34.0 Å². The van der Waals surface area contributed by atoms with Crippen molar-refractivity contribution in [1.82, 2.24) is 20.0 Å². The minimum absolute atomic E-state index is 0.0890. The van der Waals surface area contributed by atoms with Gasteiger partial charge in [-0.15, -0.1) is 0 Å². The first kappa shape index (κ1) is 25.6. The smallest absolute Gasteiger partial charge is 0.475 e. The number of nitrogens with zero attached hydrogens (tertiary/aromatic N) is 3. The summed E-state index contributed by atoms with van der Waals surface area (Å²) >= 11 is 6.11. The van der Waals surface area contributed by atoms with Crippen molar-refractivity contribution < 1.29 is 32.6 Å². The molecule has 0 bridgehead atoms. The number of hydrogen-bond acceptors (Lipinski definition) is 5. The van der Waals surface area contributed by atoms with Crippen LogP contribution in [0.4, 0.5) is 13.2 Å². The highest BCUT2D eigenvalue weighted by atomic mass is 35.5. The number of carboxylic acid groups (broad SMARTS) is 1. The number of carbonyl (C=O) groups excluding carboxylic acids is 1. The molecule has 1 aliphatic rings. The second-order valence-corrected chi connectivity index (χ2v) is 7.65. The zero-order valence-electron chi connectivity index (χ0n) is 17.3. The first-order valence-electron chi connectivity index (χ1n) is 9.61. The second-order valence-electron chi connectivity index (χ2n) is 7.21. The molecule has 3 rings (SSSR count). The first-order chi connectivity index (χ1) is 15.1. The monoisotopic (exact) mass is 476 g/mol. The first-order valence-corrected chi connectivity index (χ1v) is 9.99. The number of carbonyl (C=O) groups is 2. The fourth-order valence-electron chi connectivity index (χ4n) is 3.20. The Bertz CT molecular complexity index is 907. The van der Waals surface area contributed by atoms with Gasteiger partial charge in [0.2, 0.25) is 5.91 Å². The lowest BCUT2D eigenvalue weighted by molar-refractivity contribution is -0.192. The third kappa shape index (κ3) is 8.48. The van der Waals surface area contributed by atoms with Crippen molar-refractivity contribution in [2.45, 2.75) is 25.8 Å². The van der Waals surface area contributed by atoms with E-state index in [1.807, 2.05) is 29.1 Å². The van der Waals surface area contributed by atoms with E-state index in [-0.39, 0.29) is 18.4 Å². The van der Waals surface area contributed by atoms with Gasteiger partial charge in [-0.2, -0.15) is 18.3 Å². The largest absolute Gasteiger partial charge is 0.490 e. The van der Waals surface area contributed by atoms with Crippen LogP contribution in [-0.4, -0.2) is 64.6 Å². The lowest BCUT2D eigenvalue weighted by atomic mass is 10.1. The number of aromatic nitrogens is 2. The fraction of sp³-hybridized carbons (Fsp3) is 0.450. The molecule has 2 heterocycles. The number of amides is 1. The highest BCUT2D eigenvalue weighted by Crippen LogP contribution is 2.19. The van der Waals surface area contributed by atoms with Crippen molar-refractivity contribution in [3.63, 3.8) is 0 Å². The molecule has 1 aromatic carbocycles. The van der Waals surface area contributed by atoms with E-state index in [0.29, 0.717) is 6.54 Å². The lowest BCUT2D eigenvalue weighted by Crippen LogP contribution is -2.37. The predicted molar refractivity (Wildman–Crippen MR) is 110 cm³/mol. The summed E-state index contributed by atoms with van der Waals surface area (Å²) in [5, 5.41) is 15.2. The van der Waals surface area contributed by atoms with Gasteiger partial charge in [0.1, 0.15) is 6.61 Å². The molecule has 1 amide bonds. The fourth-order valence-corrected chi connectivity index (χ4v) is 3.42. The average molecular weight is 477 g/mol. The van der Waals surface area contributed by atoms with E-state index in [1.165, 1.54) is 18.4 Å². The molecule has 2 aromatic rings. The summed E-state index contributed by atoms with van der Waals surface area (Å²) in [6, 6.07) is 10.00. The van der Waals surface area contributed by atoms with Crippen molar-refractivity contribution in [2.24, 2.45) is 5.92 Å². The van der Waals surface area contributed by atoms with Crippen LogP contribution < -0.4 is 5.32 Å². The zero-order valence-corrected chi connectivity index (χ0v) is 18.1. The topological polar surface area (TPSA) is 96.7 Å². The van der Waals surface area contributed by atoms with E-state index in [1.54, 1.807) is 0 Å². The molecule has 1 aromatic heterocycles. The number of halogens is 4. The molecule has 176 valence electrons. The summed E-state index contributed by atoms with van der Waals surface area (Å²) in [6.07, 6.45) is -3.25. The number of nitrogens with one attached hydrogen (secondary N) is 1. The van der Waals surface area contributed by atoms with Crippen LogP contribution in [0.5, 0.6) is 0 Å². The molecule has 1 atom stereocenters.